The fourth-order valence-corrected chi connectivity index (χ4v) is 2.16. The number of nitrogens with two attached hydrogens (primary N) is 1. The van der Waals surface area contributed by atoms with Crippen LogP contribution >= 0.6 is 0 Å². The molecule has 2 nitrogen and oxygen atoms in total. The molecule has 0 aromatic heterocycles. The fourth-order valence-electron chi connectivity index (χ4n) is 2.16. The van der Waals surface area contributed by atoms with Gasteiger partial charge in [-0.1, -0.05) is 42.5 Å². The number of benzene rings is 2. The molecule has 0 atom stereocenters. The highest BCUT2D eigenvalue weighted by atomic mass is 14.9. The Hall–Kier alpha value is -1.38. The maximum Gasteiger partial charge on any atom is 0.0109 e. The predicted octanol–water partition coefficient (Wildman–Crippen LogP) is 3.10. The van der Waals surface area contributed by atoms with Crippen LogP contribution in [-0.2, 0) is 6.42 Å². The molecule has 3 N–H and O–H groups in total. The van der Waals surface area contributed by atoms with E-state index < -0.39 is 0 Å². The summed E-state index contributed by atoms with van der Waals surface area (Å²) in [7, 11) is 0. The van der Waals surface area contributed by atoms with Gasteiger partial charge in [-0.2, -0.15) is 0 Å². The van der Waals surface area contributed by atoms with Gasteiger partial charge < -0.3 is 11.1 Å². The smallest absolute Gasteiger partial charge is 0.0109 e. The van der Waals surface area contributed by atoms with Gasteiger partial charge in [-0.05, 0) is 56.1 Å². The average Bonchev–Trinajstić information content (AvgIpc) is 2.37. The van der Waals surface area contributed by atoms with Gasteiger partial charge in [0.1, 0.15) is 0 Å². The van der Waals surface area contributed by atoms with Gasteiger partial charge in [-0.25, -0.2) is 0 Å². The molecule has 0 unspecified atom stereocenters. The van der Waals surface area contributed by atoms with Crippen LogP contribution in [0.4, 0.5) is 0 Å². The average molecular weight is 256 g/mol. The Balaban J connectivity index is 1.82. The number of rotatable bonds is 6. The lowest BCUT2D eigenvalue weighted by molar-refractivity contribution is 0.456. The molecule has 19 heavy (non-hydrogen) atoms. The lowest BCUT2D eigenvalue weighted by Crippen LogP contribution is -2.36. The minimum Gasteiger partial charge on any atom is -0.326 e. The van der Waals surface area contributed by atoms with Gasteiger partial charge in [0.05, 0.1) is 0 Å². The number of hydrogen-bond donors (Lipinski definition) is 2. The summed E-state index contributed by atoms with van der Waals surface area (Å²) in [6.07, 6.45) is 2.07. The first-order valence-corrected chi connectivity index (χ1v) is 7.02. The maximum atomic E-state index is 5.95. The summed E-state index contributed by atoms with van der Waals surface area (Å²) in [5, 5.41) is 6.09. The summed E-state index contributed by atoms with van der Waals surface area (Å²) in [5.41, 5.74) is 7.26. The molecule has 0 saturated carbocycles. The van der Waals surface area contributed by atoms with Crippen LogP contribution in [0, 0.1) is 0 Å². The van der Waals surface area contributed by atoms with Crippen molar-refractivity contribution < 1.29 is 0 Å². The molecule has 0 heterocycles. The molecule has 2 rings (SSSR count). The van der Waals surface area contributed by atoms with E-state index in [9.17, 15) is 0 Å². The Bertz CT molecular complexity index is 526. The molecule has 0 amide bonds. The van der Waals surface area contributed by atoms with E-state index in [1.54, 1.807) is 0 Å². The molecule has 2 aromatic rings. The zero-order valence-electron chi connectivity index (χ0n) is 11.9. The predicted molar refractivity (Wildman–Crippen MR) is 83.4 cm³/mol. The first-order chi connectivity index (χ1) is 9.04. The third-order valence-electron chi connectivity index (χ3n) is 3.35. The van der Waals surface area contributed by atoms with Crippen molar-refractivity contribution in [1.29, 1.82) is 0 Å². The number of fused-ring (bicyclic) bond motifs is 1. The van der Waals surface area contributed by atoms with Crippen molar-refractivity contribution in [1.82, 2.24) is 5.32 Å². The number of nitrogens with one attached hydrogen (secondary N) is 1. The fraction of sp³-hybridized carbons (Fsp3) is 0.412. The van der Waals surface area contributed by atoms with Crippen LogP contribution in [0.25, 0.3) is 10.8 Å². The molecule has 0 bridgehead atoms. The maximum absolute atomic E-state index is 5.95. The third-order valence-corrected chi connectivity index (χ3v) is 3.35. The Morgan fingerprint density at radius 3 is 2.47 bits per heavy atom. The van der Waals surface area contributed by atoms with Crippen LogP contribution in [0.3, 0.4) is 0 Å². The second-order valence-electron chi connectivity index (χ2n) is 5.92. The van der Waals surface area contributed by atoms with Gasteiger partial charge in [0, 0.05) is 5.54 Å². The minimum absolute atomic E-state index is 0.0735. The van der Waals surface area contributed by atoms with Gasteiger partial charge in [0.15, 0.2) is 0 Å². The summed E-state index contributed by atoms with van der Waals surface area (Å²) in [4.78, 5) is 0. The third kappa shape index (κ3) is 4.66. The van der Waals surface area contributed by atoms with Gasteiger partial charge in [0.25, 0.3) is 0 Å². The molecule has 102 valence electrons. The van der Waals surface area contributed by atoms with Crippen molar-refractivity contribution in [3.63, 3.8) is 0 Å². The van der Waals surface area contributed by atoms with Gasteiger partial charge in [-0.15, -0.1) is 0 Å². The summed E-state index contributed by atoms with van der Waals surface area (Å²) in [5.74, 6) is 0. The summed E-state index contributed by atoms with van der Waals surface area (Å²) < 4.78 is 0. The zero-order valence-corrected chi connectivity index (χ0v) is 11.9. The molecule has 0 radical (unpaired) electrons. The van der Waals surface area contributed by atoms with Crippen molar-refractivity contribution in [2.75, 3.05) is 13.1 Å². The molecule has 0 spiro atoms. The van der Waals surface area contributed by atoms with E-state index in [-0.39, 0.29) is 5.54 Å². The molecule has 2 heteroatoms. The largest absolute Gasteiger partial charge is 0.326 e. The molecule has 0 aliphatic rings. The zero-order chi connectivity index (χ0) is 13.7. The second-order valence-corrected chi connectivity index (χ2v) is 5.92. The molecule has 0 fully saturated rings. The highest BCUT2D eigenvalue weighted by Crippen LogP contribution is 2.15. The van der Waals surface area contributed by atoms with E-state index in [1.807, 2.05) is 0 Å². The highest BCUT2D eigenvalue weighted by molar-refractivity contribution is 5.82. The normalized spacial score (nSPS) is 11.9. The van der Waals surface area contributed by atoms with E-state index in [2.05, 4.69) is 61.6 Å². The Labute approximate surface area is 116 Å². The summed E-state index contributed by atoms with van der Waals surface area (Å²) in [6.45, 7) is 6.13. The molecule has 0 aliphatic carbocycles. The summed E-state index contributed by atoms with van der Waals surface area (Å²) in [6, 6.07) is 15.2. The van der Waals surface area contributed by atoms with E-state index in [4.69, 9.17) is 5.73 Å². The first-order valence-electron chi connectivity index (χ1n) is 7.02. The van der Waals surface area contributed by atoms with Crippen LogP contribution in [0.5, 0.6) is 0 Å². The lowest BCUT2D eigenvalue weighted by Gasteiger charge is -2.18. The van der Waals surface area contributed by atoms with Gasteiger partial charge in [-0.3, -0.25) is 0 Å². The Morgan fingerprint density at radius 1 is 1.00 bits per heavy atom. The van der Waals surface area contributed by atoms with Crippen molar-refractivity contribution in [3.05, 3.63) is 48.0 Å². The second kappa shape index (κ2) is 6.18. The van der Waals surface area contributed by atoms with E-state index in [0.29, 0.717) is 0 Å². The molecule has 0 aliphatic heterocycles. The molecule has 2 aromatic carbocycles. The molecular weight excluding hydrogens is 232 g/mol. The quantitative estimate of drug-likeness (QED) is 0.779. The monoisotopic (exact) mass is 256 g/mol. The highest BCUT2D eigenvalue weighted by Gasteiger charge is 2.08. The van der Waals surface area contributed by atoms with Crippen LogP contribution in [0.1, 0.15) is 25.8 Å². The van der Waals surface area contributed by atoms with Crippen molar-refractivity contribution in [3.8, 4) is 0 Å². The topological polar surface area (TPSA) is 38.0 Å². The Morgan fingerprint density at radius 2 is 1.74 bits per heavy atom. The van der Waals surface area contributed by atoms with E-state index >= 15 is 0 Å². The standard InChI is InChI=1S/C17H24N2/c1-17(2,18)10-12-19-11-9-14-7-8-15-5-3-4-6-16(15)13-14/h3-8,13,19H,9-12,18H2,1-2H3. The SMILES string of the molecule is CC(C)(N)CCNCCc1ccc2ccccc2c1. The van der Waals surface area contributed by atoms with E-state index in [1.165, 1.54) is 16.3 Å². The molecular formula is C17H24N2. The number of hydrogen-bond acceptors (Lipinski definition) is 2. The lowest BCUT2D eigenvalue weighted by atomic mass is 10.0. The Kier molecular flexibility index (Phi) is 4.56. The van der Waals surface area contributed by atoms with Crippen LogP contribution in [0.15, 0.2) is 42.5 Å². The molecule has 0 saturated heterocycles. The summed E-state index contributed by atoms with van der Waals surface area (Å²) >= 11 is 0. The van der Waals surface area contributed by atoms with Crippen LogP contribution in [0.2, 0.25) is 0 Å². The van der Waals surface area contributed by atoms with Crippen LogP contribution < -0.4 is 11.1 Å². The van der Waals surface area contributed by atoms with Gasteiger partial charge >= 0.3 is 0 Å². The van der Waals surface area contributed by atoms with Crippen LogP contribution in [-0.4, -0.2) is 18.6 Å². The first kappa shape index (κ1) is 14.0. The minimum atomic E-state index is -0.0735. The van der Waals surface area contributed by atoms with Crippen molar-refractivity contribution >= 4 is 10.8 Å². The van der Waals surface area contributed by atoms with Crippen molar-refractivity contribution in [2.24, 2.45) is 5.73 Å². The van der Waals surface area contributed by atoms with Gasteiger partial charge in [0.2, 0.25) is 0 Å². The van der Waals surface area contributed by atoms with Crippen molar-refractivity contribution in [2.45, 2.75) is 32.2 Å². The van der Waals surface area contributed by atoms with E-state index in [0.717, 1.165) is 25.9 Å².